The van der Waals surface area contributed by atoms with Gasteiger partial charge in [-0.2, -0.15) is 9.40 Å². The standard InChI is InChI=1S/C9H13N3O6S/c1-17-8(13)5-12(6-9(14)18-2)19(15,16)7-3-10-11-4-7/h3-4H,5-6H2,1-2H3,(H,10,11). The maximum Gasteiger partial charge on any atom is 0.321 e. The molecule has 0 radical (unpaired) electrons. The van der Waals surface area contributed by atoms with Crippen LogP contribution in [0.25, 0.3) is 0 Å². The molecule has 1 heterocycles. The van der Waals surface area contributed by atoms with Crippen molar-refractivity contribution in [2.24, 2.45) is 0 Å². The molecule has 10 heteroatoms. The molecule has 1 N–H and O–H groups in total. The molecule has 0 unspecified atom stereocenters. The van der Waals surface area contributed by atoms with Crippen molar-refractivity contribution in [3.8, 4) is 0 Å². The molecule has 1 aromatic rings. The Morgan fingerprint density at radius 3 is 2.16 bits per heavy atom. The lowest BCUT2D eigenvalue weighted by Crippen LogP contribution is -2.40. The number of methoxy groups -OCH3 is 2. The topological polar surface area (TPSA) is 119 Å². The lowest BCUT2D eigenvalue weighted by Gasteiger charge is -2.18. The summed E-state index contributed by atoms with van der Waals surface area (Å²) in [6.45, 7) is -1.20. The second-order valence-electron chi connectivity index (χ2n) is 3.36. The minimum Gasteiger partial charge on any atom is -0.468 e. The molecule has 0 aliphatic carbocycles. The van der Waals surface area contributed by atoms with E-state index in [0.29, 0.717) is 4.31 Å². The first-order valence-electron chi connectivity index (χ1n) is 5.04. The Hall–Kier alpha value is -1.94. The minimum atomic E-state index is -4.03. The molecule has 0 aromatic carbocycles. The smallest absolute Gasteiger partial charge is 0.321 e. The van der Waals surface area contributed by atoms with Gasteiger partial charge in [0, 0.05) is 6.20 Å². The van der Waals surface area contributed by atoms with Gasteiger partial charge < -0.3 is 9.47 Å². The Morgan fingerprint density at radius 2 is 1.79 bits per heavy atom. The maximum absolute atomic E-state index is 12.1. The van der Waals surface area contributed by atoms with Crippen LogP contribution >= 0.6 is 0 Å². The van der Waals surface area contributed by atoms with Crippen LogP contribution in [0, 0.1) is 0 Å². The number of esters is 2. The highest BCUT2D eigenvalue weighted by Crippen LogP contribution is 2.13. The van der Waals surface area contributed by atoms with Gasteiger partial charge in [0.1, 0.15) is 18.0 Å². The third kappa shape index (κ3) is 3.76. The second-order valence-corrected chi connectivity index (χ2v) is 5.30. The second kappa shape index (κ2) is 6.29. The van der Waals surface area contributed by atoms with E-state index < -0.39 is 35.1 Å². The van der Waals surface area contributed by atoms with Gasteiger partial charge in [0.05, 0.1) is 20.4 Å². The number of carbonyl (C=O) groups excluding carboxylic acids is 2. The number of hydrogen-bond acceptors (Lipinski definition) is 7. The van der Waals surface area contributed by atoms with Gasteiger partial charge in [-0.3, -0.25) is 14.7 Å². The van der Waals surface area contributed by atoms with E-state index in [4.69, 9.17) is 0 Å². The van der Waals surface area contributed by atoms with Crippen LogP contribution in [0.15, 0.2) is 17.3 Å². The van der Waals surface area contributed by atoms with Crippen molar-refractivity contribution in [2.45, 2.75) is 4.90 Å². The molecule has 0 fully saturated rings. The van der Waals surface area contributed by atoms with E-state index in [9.17, 15) is 18.0 Å². The molecule has 0 saturated carbocycles. The number of carbonyl (C=O) groups is 2. The summed E-state index contributed by atoms with van der Waals surface area (Å²) in [5.74, 6) is -1.59. The van der Waals surface area contributed by atoms with Crippen molar-refractivity contribution in [3.05, 3.63) is 12.4 Å². The number of rotatable bonds is 6. The van der Waals surface area contributed by atoms with Gasteiger partial charge in [0.2, 0.25) is 10.0 Å². The molecule has 19 heavy (non-hydrogen) atoms. The number of sulfonamides is 1. The SMILES string of the molecule is COC(=O)CN(CC(=O)OC)S(=O)(=O)c1cn[nH]c1. The van der Waals surface area contributed by atoms with Crippen molar-refractivity contribution < 1.29 is 27.5 Å². The van der Waals surface area contributed by atoms with Crippen LogP contribution < -0.4 is 0 Å². The van der Waals surface area contributed by atoms with E-state index in [2.05, 4.69) is 19.7 Å². The number of aromatic nitrogens is 2. The van der Waals surface area contributed by atoms with Crippen molar-refractivity contribution in [2.75, 3.05) is 27.3 Å². The van der Waals surface area contributed by atoms with Gasteiger partial charge in [-0.25, -0.2) is 8.42 Å². The average Bonchev–Trinajstić information content (AvgIpc) is 2.91. The van der Waals surface area contributed by atoms with E-state index in [1.807, 2.05) is 0 Å². The van der Waals surface area contributed by atoms with Crippen molar-refractivity contribution in [3.63, 3.8) is 0 Å². The fourth-order valence-electron chi connectivity index (χ4n) is 1.17. The van der Waals surface area contributed by atoms with E-state index in [0.717, 1.165) is 26.6 Å². The summed E-state index contributed by atoms with van der Waals surface area (Å²) >= 11 is 0. The third-order valence-corrected chi connectivity index (χ3v) is 3.93. The molecule has 9 nitrogen and oxygen atoms in total. The van der Waals surface area contributed by atoms with Crippen molar-refractivity contribution >= 4 is 22.0 Å². The quantitative estimate of drug-likeness (QED) is 0.650. The molecule has 0 bridgehead atoms. The number of hydrogen-bond donors (Lipinski definition) is 1. The van der Waals surface area contributed by atoms with Crippen LogP contribution in [0.2, 0.25) is 0 Å². The Balaban J connectivity index is 3.01. The predicted molar refractivity (Wildman–Crippen MR) is 61.4 cm³/mol. The van der Waals surface area contributed by atoms with Crippen LogP contribution in [-0.2, 0) is 29.1 Å². The molecule has 0 aliphatic heterocycles. The van der Waals surface area contributed by atoms with Gasteiger partial charge in [-0.1, -0.05) is 0 Å². The van der Waals surface area contributed by atoms with Crippen LogP contribution in [0.5, 0.6) is 0 Å². The van der Waals surface area contributed by atoms with Gasteiger partial charge in [0.15, 0.2) is 0 Å². The zero-order valence-corrected chi connectivity index (χ0v) is 11.1. The zero-order chi connectivity index (χ0) is 14.5. The summed E-state index contributed by atoms with van der Waals surface area (Å²) in [6.07, 6.45) is 2.20. The lowest BCUT2D eigenvalue weighted by molar-refractivity contribution is -0.143. The van der Waals surface area contributed by atoms with Crippen LogP contribution in [0.3, 0.4) is 0 Å². The van der Waals surface area contributed by atoms with Crippen molar-refractivity contribution in [1.82, 2.24) is 14.5 Å². The monoisotopic (exact) mass is 291 g/mol. The van der Waals surface area contributed by atoms with Gasteiger partial charge in [-0.05, 0) is 0 Å². The summed E-state index contributed by atoms with van der Waals surface area (Å²) in [7, 11) is -1.80. The van der Waals surface area contributed by atoms with Crippen LogP contribution in [0.1, 0.15) is 0 Å². The highest BCUT2D eigenvalue weighted by molar-refractivity contribution is 7.89. The highest BCUT2D eigenvalue weighted by atomic mass is 32.2. The molecule has 1 rings (SSSR count). The molecule has 0 atom stereocenters. The summed E-state index contributed by atoms with van der Waals surface area (Å²) in [4.78, 5) is 22.2. The van der Waals surface area contributed by atoms with E-state index >= 15 is 0 Å². The zero-order valence-electron chi connectivity index (χ0n) is 10.3. The largest absolute Gasteiger partial charge is 0.468 e. The number of nitrogens with one attached hydrogen (secondary N) is 1. The minimum absolute atomic E-state index is 0.166. The Bertz CT molecular complexity index is 520. The molecule has 0 amide bonds. The van der Waals surface area contributed by atoms with E-state index in [1.54, 1.807) is 0 Å². The normalized spacial score (nSPS) is 11.3. The molecule has 0 aliphatic rings. The van der Waals surface area contributed by atoms with Gasteiger partial charge in [0.25, 0.3) is 0 Å². The third-order valence-electron chi connectivity index (χ3n) is 2.18. The van der Waals surface area contributed by atoms with E-state index in [-0.39, 0.29) is 4.90 Å². The first kappa shape index (κ1) is 15.1. The van der Waals surface area contributed by atoms with Gasteiger partial charge in [-0.15, -0.1) is 0 Å². The van der Waals surface area contributed by atoms with Crippen LogP contribution in [-0.4, -0.2) is 62.2 Å². The molecular weight excluding hydrogens is 278 g/mol. The summed E-state index contributed by atoms with van der Waals surface area (Å²) < 4.78 is 33.7. The highest BCUT2D eigenvalue weighted by Gasteiger charge is 2.30. The number of aromatic amines is 1. The number of H-pyrrole nitrogens is 1. The Kier molecular flexibility index (Phi) is 5.01. The molecule has 106 valence electrons. The molecule has 0 spiro atoms. The molecular formula is C9H13N3O6S. The predicted octanol–water partition coefficient (Wildman–Crippen LogP) is -1.25. The first-order valence-corrected chi connectivity index (χ1v) is 6.48. The molecule has 1 aromatic heterocycles. The average molecular weight is 291 g/mol. The Labute approximate surface area is 109 Å². The molecule has 0 saturated heterocycles. The van der Waals surface area contributed by atoms with E-state index in [1.165, 1.54) is 0 Å². The van der Waals surface area contributed by atoms with Crippen LogP contribution in [0.4, 0.5) is 0 Å². The summed E-state index contributed by atoms with van der Waals surface area (Å²) in [5.41, 5.74) is 0. The summed E-state index contributed by atoms with van der Waals surface area (Å²) in [5, 5.41) is 5.84. The fraction of sp³-hybridized carbons (Fsp3) is 0.444. The first-order chi connectivity index (χ1) is 8.91. The number of ether oxygens (including phenoxy) is 2. The maximum atomic E-state index is 12.1. The fourth-order valence-corrected chi connectivity index (χ4v) is 2.41. The van der Waals surface area contributed by atoms with Crippen molar-refractivity contribution in [1.29, 1.82) is 0 Å². The van der Waals surface area contributed by atoms with Gasteiger partial charge >= 0.3 is 11.9 Å². The lowest BCUT2D eigenvalue weighted by atomic mass is 10.6. The Morgan fingerprint density at radius 1 is 1.26 bits per heavy atom. The number of nitrogens with zero attached hydrogens (tertiary/aromatic N) is 2. The summed E-state index contributed by atoms with van der Waals surface area (Å²) in [6, 6.07) is 0.